The molecule has 0 spiro atoms. The van der Waals surface area contributed by atoms with Crippen LogP contribution in [0.15, 0.2) is 52.5 Å². The first-order valence-electron chi connectivity index (χ1n) is 11.6. The Labute approximate surface area is 226 Å². The summed E-state index contributed by atoms with van der Waals surface area (Å²) in [6, 6.07) is 8.26. The molecule has 13 nitrogen and oxygen atoms in total. The maximum absolute atomic E-state index is 15.3. The summed E-state index contributed by atoms with van der Waals surface area (Å²) in [5, 5.41) is 16.6. The monoisotopic (exact) mass is 588 g/mol. The second-order valence-corrected chi connectivity index (χ2v) is 12.0. The number of para-hydroxylation sites is 1. The molecule has 0 bridgehead atoms. The molecular weight excluding hydrogens is 561 g/mol. The number of carbonyl (C=O) groups is 1. The summed E-state index contributed by atoms with van der Waals surface area (Å²) in [7, 11) is 0. The molecule has 1 fully saturated rings. The van der Waals surface area contributed by atoms with Gasteiger partial charge in [-0.25, -0.2) is 9.88 Å². The van der Waals surface area contributed by atoms with E-state index in [4.69, 9.17) is 35.9 Å². The number of aliphatic hydroxyl groups excluding tert-OH is 1. The number of aryl methyl sites for hydroxylation is 1. The van der Waals surface area contributed by atoms with Crippen molar-refractivity contribution in [3.8, 4) is 5.75 Å². The molecule has 2 unspecified atom stereocenters. The van der Waals surface area contributed by atoms with Crippen LogP contribution in [0, 0.1) is 6.92 Å². The van der Waals surface area contributed by atoms with Crippen LogP contribution in [0.3, 0.4) is 0 Å². The highest BCUT2D eigenvalue weighted by Gasteiger charge is 2.67. The van der Waals surface area contributed by atoms with Gasteiger partial charge in [-0.15, -0.1) is 0 Å². The molecule has 2 heterocycles. The fraction of sp³-hybridized carbons (Fsp3) is 0.500. The summed E-state index contributed by atoms with van der Waals surface area (Å²) >= 11 is 5.54. The zero-order valence-corrected chi connectivity index (χ0v) is 23.0. The number of azide groups is 1. The third-order valence-corrected chi connectivity index (χ3v) is 7.82. The Morgan fingerprint density at radius 1 is 1.36 bits per heavy atom. The Kier molecular flexibility index (Phi) is 9.44. The van der Waals surface area contributed by atoms with Gasteiger partial charge in [-0.2, -0.15) is 13.8 Å². The van der Waals surface area contributed by atoms with Crippen LogP contribution in [0.25, 0.3) is 10.4 Å². The molecule has 2 aromatic rings. The van der Waals surface area contributed by atoms with Crippen molar-refractivity contribution in [1.29, 1.82) is 0 Å². The number of ether oxygens (including phenoxy) is 2. The smallest absolute Gasteiger partial charge is 0.350 e. The lowest BCUT2D eigenvalue weighted by molar-refractivity contribution is -0.149. The fourth-order valence-corrected chi connectivity index (χ4v) is 5.90. The standard InChI is InChI=1S/C22H27F2N6O7PS/c1-13(2)35-17(31)15(4)27-38(39,37-16-8-6-5-7-9-16)34-12-21(28-29-25)18(32)22(23,24)19(36-21)30-11-10-14(3)26-20(30)33/h5-11,13,15,18-19,32H,12H2,1-4H3,(H,27,39)/t15?,18-,19-,21-,38?/m1/s1. The largest absolute Gasteiger partial charge is 0.462 e. The van der Waals surface area contributed by atoms with Crippen LogP contribution in [-0.2, 0) is 30.6 Å². The Balaban J connectivity index is 1.95. The van der Waals surface area contributed by atoms with E-state index in [1.807, 2.05) is 0 Å². The zero-order valence-electron chi connectivity index (χ0n) is 21.3. The Bertz CT molecular complexity index is 1340. The van der Waals surface area contributed by atoms with Crippen molar-refractivity contribution in [3.05, 3.63) is 69.2 Å². The van der Waals surface area contributed by atoms with E-state index in [1.165, 1.54) is 32.0 Å². The van der Waals surface area contributed by atoms with Gasteiger partial charge in [0.2, 0.25) is 12.0 Å². The number of hydrogen-bond acceptors (Lipinski definition) is 10. The minimum atomic E-state index is -4.14. The molecule has 1 aliphatic rings. The van der Waals surface area contributed by atoms with Gasteiger partial charge in [0, 0.05) is 16.8 Å². The van der Waals surface area contributed by atoms with Gasteiger partial charge in [0.05, 0.1) is 12.7 Å². The van der Waals surface area contributed by atoms with Gasteiger partial charge in [-0.3, -0.25) is 9.36 Å². The molecular formula is C22H27F2N6O7PS. The highest BCUT2D eigenvalue weighted by molar-refractivity contribution is 8.09. The number of alkyl halides is 2. The first-order valence-corrected chi connectivity index (χ1v) is 14.2. The topological polar surface area (TPSA) is 170 Å². The number of halogens is 2. The van der Waals surface area contributed by atoms with E-state index in [9.17, 15) is 14.7 Å². The highest BCUT2D eigenvalue weighted by Crippen LogP contribution is 2.52. The Hall–Kier alpha value is -2.97. The minimum absolute atomic E-state index is 0.212. The van der Waals surface area contributed by atoms with Crippen LogP contribution in [0.2, 0.25) is 0 Å². The average Bonchev–Trinajstić information content (AvgIpc) is 3.04. The van der Waals surface area contributed by atoms with Crippen molar-refractivity contribution in [3.63, 3.8) is 0 Å². The number of hydrogen-bond donors (Lipinski definition) is 2. The predicted molar refractivity (Wildman–Crippen MR) is 137 cm³/mol. The Morgan fingerprint density at radius 3 is 2.62 bits per heavy atom. The molecule has 0 amide bonds. The molecule has 1 aliphatic heterocycles. The second kappa shape index (κ2) is 12.0. The summed E-state index contributed by atoms with van der Waals surface area (Å²) < 4.78 is 53.0. The summed E-state index contributed by atoms with van der Waals surface area (Å²) in [4.78, 5) is 30.9. The van der Waals surface area contributed by atoms with E-state index in [2.05, 4.69) is 20.1 Å². The zero-order chi connectivity index (χ0) is 29.0. The fourth-order valence-electron chi connectivity index (χ4n) is 3.50. The molecule has 1 saturated heterocycles. The van der Waals surface area contributed by atoms with Crippen LogP contribution in [0.1, 0.15) is 32.7 Å². The lowest BCUT2D eigenvalue weighted by Gasteiger charge is -2.31. The third-order valence-electron chi connectivity index (χ3n) is 5.34. The molecule has 39 heavy (non-hydrogen) atoms. The van der Waals surface area contributed by atoms with Crippen molar-refractivity contribution in [2.75, 3.05) is 6.61 Å². The second-order valence-electron chi connectivity index (χ2n) is 8.85. The van der Waals surface area contributed by atoms with Crippen molar-refractivity contribution < 1.29 is 37.2 Å². The predicted octanol–water partition coefficient (Wildman–Crippen LogP) is 3.33. The summed E-state index contributed by atoms with van der Waals surface area (Å²) in [6.07, 6.45) is -4.61. The quantitative estimate of drug-likeness (QED) is 0.130. The summed E-state index contributed by atoms with van der Waals surface area (Å²) in [5.74, 6) is -4.62. The number of esters is 1. The van der Waals surface area contributed by atoms with Crippen molar-refractivity contribution >= 4 is 24.4 Å². The first-order chi connectivity index (χ1) is 18.2. The van der Waals surface area contributed by atoms with Crippen LogP contribution < -0.4 is 15.3 Å². The lowest BCUT2D eigenvalue weighted by Crippen LogP contribution is -2.48. The highest BCUT2D eigenvalue weighted by atomic mass is 32.5. The van der Waals surface area contributed by atoms with Crippen molar-refractivity contribution in [1.82, 2.24) is 14.6 Å². The Morgan fingerprint density at radius 2 is 2.03 bits per heavy atom. The van der Waals surface area contributed by atoms with Crippen molar-refractivity contribution in [2.24, 2.45) is 5.11 Å². The van der Waals surface area contributed by atoms with E-state index < -0.39 is 61.0 Å². The van der Waals surface area contributed by atoms with Gasteiger partial charge in [0.15, 0.2) is 6.10 Å². The number of nitrogens with one attached hydrogen (secondary N) is 1. The summed E-state index contributed by atoms with van der Waals surface area (Å²) in [5.41, 5.74) is 5.59. The lowest BCUT2D eigenvalue weighted by atomic mass is 10.1. The van der Waals surface area contributed by atoms with Gasteiger partial charge >= 0.3 is 24.2 Å². The normalized spacial score (nSPS) is 24.4. The van der Waals surface area contributed by atoms with Gasteiger partial charge < -0.3 is 23.6 Å². The van der Waals surface area contributed by atoms with Gasteiger partial charge in [0.1, 0.15) is 11.8 Å². The molecule has 17 heteroatoms. The van der Waals surface area contributed by atoms with E-state index in [0.29, 0.717) is 4.57 Å². The average molecular weight is 589 g/mol. The van der Waals surface area contributed by atoms with Gasteiger partial charge in [-0.1, -0.05) is 23.3 Å². The third kappa shape index (κ3) is 6.97. The molecule has 1 aromatic carbocycles. The number of benzene rings is 1. The molecule has 0 aliphatic carbocycles. The number of aliphatic hydroxyl groups is 1. The van der Waals surface area contributed by atoms with Crippen LogP contribution in [0.5, 0.6) is 5.75 Å². The van der Waals surface area contributed by atoms with E-state index in [1.54, 1.807) is 32.0 Å². The van der Waals surface area contributed by atoms with E-state index in [0.717, 1.165) is 6.20 Å². The maximum atomic E-state index is 15.3. The van der Waals surface area contributed by atoms with E-state index >= 15 is 8.78 Å². The first kappa shape index (κ1) is 30.6. The molecule has 212 valence electrons. The molecule has 1 aromatic heterocycles. The number of aromatic nitrogens is 2. The van der Waals surface area contributed by atoms with Gasteiger partial charge in [0.25, 0.3) is 0 Å². The number of carbonyl (C=O) groups excluding carboxylic acids is 1. The van der Waals surface area contributed by atoms with Crippen LogP contribution in [0.4, 0.5) is 8.78 Å². The summed E-state index contributed by atoms with van der Waals surface area (Å²) in [6.45, 7) is 1.35. The number of rotatable bonds is 11. The molecule has 3 rings (SSSR count). The minimum Gasteiger partial charge on any atom is -0.462 e. The molecule has 5 atom stereocenters. The van der Waals surface area contributed by atoms with Crippen molar-refractivity contribution in [2.45, 2.75) is 63.8 Å². The van der Waals surface area contributed by atoms with Crippen LogP contribution >= 0.6 is 6.64 Å². The molecule has 0 saturated carbocycles. The SMILES string of the molecule is Cc1ccn([C@@H]2O[C@@](COP(=S)(NC(C)C(=O)OC(C)C)Oc3ccccc3)(N=[N+]=[N-])[C@@H](O)C2(F)F)c(=O)n1. The number of nitrogens with zero attached hydrogens (tertiary/aromatic N) is 5. The van der Waals surface area contributed by atoms with Gasteiger partial charge in [-0.05, 0) is 63.2 Å². The van der Waals surface area contributed by atoms with E-state index in [-0.39, 0.29) is 11.4 Å². The maximum Gasteiger partial charge on any atom is 0.350 e. The van der Waals surface area contributed by atoms with Crippen LogP contribution in [-0.4, -0.2) is 57.1 Å². The molecule has 2 N–H and O–H groups in total. The molecule has 0 radical (unpaired) electrons.